The number of hydrogen-bond donors (Lipinski definition) is 2. The highest BCUT2D eigenvalue weighted by molar-refractivity contribution is 7.92. The molecule has 4 nitrogen and oxygen atoms in total. The smallest absolute Gasteiger partial charge is 0.229 e. The van der Waals surface area contributed by atoms with Crippen molar-refractivity contribution in [2.45, 2.75) is 40.3 Å². The third-order valence-corrected chi connectivity index (χ3v) is 4.85. The zero-order chi connectivity index (χ0) is 17.9. The SMILES string of the molecule is Cc1cc(C)c(CN[C@H](C)c2cccc(NS(C)(=O)=O)c2)cc1C. The Kier molecular flexibility index (Phi) is 5.67. The van der Waals surface area contributed by atoms with Crippen LogP contribution in [0.2, 0.25) is 0 Å². The highest BCUT2D eigenvalue weighted by Gasteiger charge is 2.09. The third-order valence-electron chi connectivity index (χ3n) is 4.24. The van der Waals surface area contributed by atoms with Crippen molar-refractivity contribution in [1.82, 2.24) is 5.32 Å². The number of sulfonamides is 1. The van der Waals surface area contributed by atoms with E-state index >= 15 is 0 Å². The average molecular weight is 346 g/mol. The molecule has 130 valence electrons. The van der Waals surface area contributed by atoms with Gasteiger partial charge in [-0.15, -0.1) is 0 Å². The standard InChI is InChI=1S/C19H26N2O2S/c1-13-9-15(3)18(10-14(13)2)12-20-16(4)17-7-6-8-19(11-17)21-24(5,22)23/h6-11,16,20-21H,12H2,1-5H3/t16-/m1/s1. The molecule has 2 aromatic rings. The van der Waals surface area contributed by atoms with E-state index in [9.17, 15) is 8.42 Å². The summed E-state index contributed by atoms with van der Waals surface area (Å²) in [5.41, 5.74) is 6.81. The fraction of sp³-hybridized carbons (Fsp3) is 0.368. The van der Waals surface area contributed by atoms with Gasteiger partial charge in [0.2, 0.25) is 10.0 Å². The first-order valence-electron chi connectivity index (χ1n) is 8.03. The molecule has 2 aromatic carbocycles. The zero-order valence-electron chi connectivity index (χ0n) is 15.0. The molecule has 1 atom stereocenters. The molecule has 0 saturated heterocycles. The van der Waals surface area contributed by atoms with Crippen molar-refractivity contribution in [1.29, 1.82) is 0 Å². The zero-order valence-corrected chi connectivity index (χ0v) is 15.8. The Bertz CT molecular complexity index is 829. The molecular weight excluding hydrogens is 320 g/mol. The molecule has 0 spiro atoms. The number of hydrogen-bond acceptors (Lipinski definition) is 3. The Morgan fingerprint density at radius 2 is 1.67 bits per heavy atom. The molecule has 0 unspecified atom stereocenters. The second-order valence-corrected chi connectivity index (χ2v) is 8.21. The van der Waals surface area contributed by atoms with E-state index in [0.29, 0.717) is 5.69 Å². The molecule has 0 aliphatic heterocycles. The van der Waals surface area contributed by atoms with Crippen LogP contribution in [0, 0.1) is 20.8 Å². The van der Waals surface area contributed by atoms with Crippen molar-refractivity contribution < 1.29 is 8.42 Å². The van der Waals surface area contributed by atoms with Crippen molar-refractivity contribution in [2.24, 2.45) is 0 Å². The van der Waals surface area contributed by atoms with Crippen LogP contribution in [0.1, 0.15) is 40.8 Å². The Morgan fingerprint density at radius 1 is 1.00 bits per heavy atom. The lowest BCUT2D eigenvalue weighted by Crippen LogP contribution is -2.19. The molecule has 5 heteroatoms. The lowest BCUT2D eigenvalue weighted by molar-refractivity contribution is 0.573. The fourth-order valence-electron chi connectivity index (χ4n) is 2.68. The Labute approximate surface area is 145 Å². The largest absolute Gasteiger partial charge is 0.306 e. The molecule has 2 rings (SSSR count). The highest BCUT2D eigenvalue weighted by atomic mass is 32.2. The van der Waals surface area contributed by atoms with E-state index in [0.717, 1.165) is 18.4 Å². The summed E-state index contributed by atoms with van der Waals surface area (Å²) in [6, 6.07) is 12.0. The minimum absolute atomic E-state index is 0.118. The average Bonchev–Trinajstić information content (AvgIpc) is 2.48. The highest BCUT2D eigenvalue weighted by Crippen LogP contribution is 2.20. The summed E-state index contributed by atoms with van der Waals surface area (Å²) in [7, 11) is -3.26. The van der Waals surface area contributed by atoms with E-state index in [-0.39, 0.29) is 6.04 Å². The van der Waals surface area contributed by atoms with Crippen LogP contribution in [0.15, 0.2) is 36.4 Å². The number of rotatable bonds is 6. The first-order valence-corrected chi connectivity index (χ1v) is 9.92. The van der Waals surface area contributed by atoms with Gasteiger partial charge < -0.3 is 5.32 Å². The molecule has 0 bridgehead atoms. The van der Waals surface area contributed by atoms with E-state index in [1.54, 1.807) is 6.07 Å². The van der Waals surface area contributed by atoms with Crippen LogP contribution in [0.5, 0.6) is 0 Å². The van der Waals surface area contributed by atoms with E-state index in [2.05, 4.69) is 49.9 Å². The van der Waals surface area contributed by atoms with Gasteiger partial charge in [-0.3, -0.25) is 4.72 Å². The summed E-state index contributed by atoms with van der Waals surface area (Å²) in [6.45, 7) is 9.24. The molecule has 2 N–H and O–H groups in total. The Hall–Kier alpha value is -1.85. The van der Waals surface area contributed by atoms with Crippen LogP contribution in [-0.2, 0) is 16.6 Å². The van der Waals surface area contributed by atoms with Crippen molar-refractivity contribution >= 4 is 15.7 Å². The number of benzene rings is 2. The number of aryl methyl sites for hydroxylation is 3. The van der Waals surface area contributed by atoms with Gasteiger partial charge in [-0.05, 0) is 67.6 Å². The molecule has 0 radical (unpaired) electrons. The summed E-state index contributed by atoms with van der Waals surface area (Å²) in [5.74, 6) is 0. The van der Waals surface area contributed by atoms with Gasteiger partial charge >= 0.3 is 0 Å². The van der Waals surface area contributed by atoms with Gasteiger partial charge in [0, 0.05) is 18.3 Å². The molecular formula is C19H26N2O2S. The lowest BCUT2D eigenvalue weighted by Gasteiger charge is -2.17. The van der Waals surface area contributed by atoms with Gasteiger partial charge in [-0.1, -0.05) is 24.3 Å². The summed E-state index contributed by atoms with van der Waals surface area (Å²) in [6.07, 6.45) is 1.16. The van der Waals surface area contributed by atoms with Gasteiger partial charge in [0.15, 0.2) is 0 Å². The van der Waals surface area contributed by atoms with Gasteiger partial charge in [-0.2, -0.15) is 0 Å². The quantitative estimate of drug-likeness (QED) is 0.835. The first kappa shape index (κ1) is 18.5. The van der Waals surface area contributed by atoms with E-state index in [4.69, 9.17) is 0 Å². The van der Waals surface area contributed by atoms with Crippen LogP contribution in [0.25, 0.3) is 0 Å². The maximum atomic E-state index is 11.4. The first-order chi connectivity index (χ1) is 11.2. The van der Waals surface area contributed by atoms with Gasteiger partial charge in [-0.25, -0.2) is 8.42 Å². The van der Waals surface area contributed by atoms with Crippen LogP contribution in [-0.4, -0.2) is 14.7 Å². The summed E-state index contributed by atoms with van der Waals surface area (Å²) < 4.78 is 25.2. The molecule has 24 heavy (non-hydrogen) atoms. The molecule has 0 aliphatic carbocycles. The van der Waals surface area contributed by atoms with Crippen molar-refractivity contribution in [3.63, 3.8) is 0 Å². The van der Waals surface area contributed by atoms with E-state index in [1.165, 1.54) is 22.3 Å². The van der Waals surface area contributed by atoms with Crippen LogP contribution >= 0.6 is 0 Å². The minimum Gasteiger partial charge on any atom is -0.306 e. The number of anilines is 1. The predicted molar refractivity (Wildman–Crippen MR) is 101 cm³/mol. The normalized spacial score (nSPS) is 12.9. The summed E-state index contributed by atoms with van der Waals surface area (Å²) >= 11 is 0. The Morgan fingerprint density at radius 3 is 2.33 bits per heavy atom. The molecule has 0 heterocycles. The fourth-order valence-corrected chi connectivity index (χ4v) is 3.23. The Balaban J connectivity index is 2.09. The maximum Gasteiger partial charge on any atom is 0.229 e. The van der Waals surface area contributed by atoms with Crippen LogP contribution in [0.3, 0.4) is 0 Å². The second kappa shape index (κ2) is 7.36. The van der Waals surface area contributed by atoms with Crippen molar-refractivity contribution in [3.8, 4) is 0 Å². The molecule has 0 amide bonds. The topological polar surface area (TPSA) is 58.2 Å². The second-order valence-electron chi connectivity index (χ2n) is 6.47. The molecule has 0 fully saturated rings. The molecule has 0 saturated carbocycles. The van der Waals surface area contributed by atoms with Gasteiger partial charge in [0.25, 0.3) is 0 Å². The summed E-state index contributed by atoms with van der Waals surface area (Å²) in [4.78, 5) is 0. The third kappa shape index (κ3) is 5.08. The van der Waals surface area contributed by atoms with Gasteiger partial charge in [0.05, 0.1) is 6.26 Å². The predicted octanol–water partition coefficient (Wildman–Crippen LogP) is 3.83. The monoisotopic (exact) mass is 346 g/mol. The van der Waals surface area contributed by atoms with Crippen LogP contribution in [0.4, 0.5) is 5.69 Å². The van der Waals surface area contributed by atoms with Crippen LogP contribution < -0.4 is 10.0 Å². The lowest BCUT2D eigenvalue weighted by atomic mass is 10.0. The van der Waals surface area contributed by atoms with Crippen molar-refractivity contribution in [2.75, 3.05) is 11.0 Å². The van der Waals surface area contributed by atoms with E-state index in [1.807, 2.05) is 18.2 Å². The van der Waals surface area contributed by atoms with Gasteiger partial charge in [0.1, 0.15) is 0 Å². The minimum atomic E-state index is -3.26. The number of nitrogens with one attached hydrogen (secondary N) is 2. The maximum absolute atomic E-state index is 11.4. The molecule has 0 aliphatic rings. The van der Waals surface area contributed by atoms with Crippen molar-refractivity contribution in [3.05, 3.63) is 64.2 Å². The molecule has 0 aromatic heterocycles. The summed E-state index contributed by atoms with van der Waals surface area (Å²) in [5, 5.41) is 3.52. The van der Waals surface area contributed by atoms with E-state index < -0.39 is 10.0 Å².